The second-order valence-corrected chi connectivity index (χ2v) is 5.10. The van der Waals surface area contributed by atoms with Gasteiger partial charge >= 0.3 is 0 Å². The highest BCUT2D eigenvalue weighted by Crippen LogP contribution is 2.36. The summed E-state index contributed by atoms with van der Waals surface area (Å²) in [5, 5.41) is 3.05. The van der Waals surface area contributed by atoms with Crippen LogP contribution in [0.3, 0.4) is 0 Å². The van der Waals surface area contributed by atoms with E-state index in [2.05, 4.69) is 33.2 Å². The van der Waals surface area contributed by atoms with Crippen molar-refractivity contribution in [2.24, 2.45) is 11.8 Å². The number of rotatable bonds is 4. The molecule has 0 radical (unpaired) electrons. The third-order valence-electron chi connectivity index (χ3n) is 2.83. The first-order valence-corrected chi connectivity index (χ1v) is 6.01. The summed E-state index contributed by atoms with van der Waals surface area (Å²) in [6, 6.07) is 1.43. The van der Waals surface area contributed by atoms with Gasteiger partial charge in [0.25, 0.3) is 0 Å². The fourth-order valence-electron chi connectivity index (χ4n) is 1.63. The van der Waals surface area contributed by atoms with Gasteiger partial charge in [-0.25, -0.2) is 9.37 Å². The van der Waals surface area contributed by atoms with Gasteiger partial charge in [0.05, 0.1) is 0 Å². The van der Waals surface area contributed by atoms with Crippen LogP contribution in [0.2, 0.25) is 0 Å². The minimum Gasteiger partial charge on any atom is -0.367 e. The van der Waals surface area contributed by atoms with Gasteiger partial charge in [-0.3, -0.25) is 0 Å². The van der Waals surface area contributed by atoms with Crippen LogP contribution in [0, 0.1) is 17.7 Å². The van der Waals surface area contributed by atoms with Gasteiger partial charge in [-0.15, -0.1) is 0 Å². The lowest BCUT2D eigenvalue weighted by Gasteiger charge is -2.12. The van der Waals surface area contributed by atoms with E-state index in [1.807, 2.05) is 0 Å². The molecule has 0 amide bonds. The van der Waals surface area contributed by atoms with E-state index in [1.54, 1.807) is 6.20 Å². The van der Waals surface area contributed by atoms with Crippen molar-refractivity contribution in [3.05, 3.63) is 22.6 Å². The Labute approximate surface area is 97.4 Å². The van der Waals surface area contributed by atoms with E-state index in [1.165, 1.54) is 18.9 Å². The molecule has 0 aliphatic heterocycles. The molecule has 1 unspecified atom stereocenters. The minimum absolute atomic E-state index is 0.299. The number of hydrogen-bond acceptors (Lipinski definition) is 2. The average Bonchev–Trinajstić information content (AvgIpc) is 2.99. The van der Waals surface area contributed by atoms with Crippen molar-refractivity contribution in [3.8, 4) is 0 Å². The maximum Gasteiger partial charge on any atom is 0.166 e. The maximum atomic E-state index is 13.4. The van der Waals surface area contributed by atoms with Gasteiger partial charge in [-0.2, -0.15) is 0 Å². The Morgan fingerprint density at radius 1 is 1.67 bits per heavy atom. The monoisotopic (exact) mass is 272 g/mol. The molecular formula is C11H14BrFN2. The highest BCUT2D eigenvalue weighted by atomic mass is 79.9. The fraction of sp³-hybridized carbons (Fsp3) is 0.545. The van der Waals surface area contributed by atoms with Crippen LogP contribution in [0.4, 0.5) is 10.2 Å². The quantitative estimate of drug-likeness (QED) is 0.909. The lowest BCUT2D eigenvalue weighted by molar-refractivity contribution is 0.532. The van der Waals surface area contributed by atoms with Crippen LogP contribution < -0.4 is 5.32 Å². The van der Waals surface area contributed by atoms with E-state index in [9.17, 15) is 4.39 Å². The van der Waals surface area contributed by atoms with Crippen LogP contribution >= 0.6 is 15.9 Å². The van der Waals surface area contributed by atoms with Crippen LogP contribution in [0.15, 0.2) is 16.7 Å². The van der Waals surface area contributed by atoms with Gasteiger partial charge in [-0.1, -0.05) is 6.92 Å². The van der Waals surface area contributed by atoms with Crippen molar-refractivity contribution in [1.82, 2.24) is 4.98 Å². The zero-order valence-corrected chi connectivity index (χ0v) is 10.2. The molecule has 0 bridgehead atoms. The number of pyridine rings is 1. The predicted octanol–water partition coefficient (Wildman–Crippen LogP) is 3.44. The topological polar surface area (TPSA) is 24.9 Å². The average molecular weight is 273 g/mol. The lowest BCUT2D eigenvalue weighted by atomic mass is 10.1. The summed E-state index contributed by atoms with van der Waals surface area (Å²) in [5.41, 5.74) is 0. The molecule has 4 heteroatoms. The molecular weight excluding hydrogens is 259 g/mol. The molecule has 0 aromatic carbocycles. The molecule has 2 nitrogen and oxygen atoms in total. The highest BCUT2D eigenvalue weighted by Gasteiger charge is 2.27. The van der Waals surface area contributed by atoms with E-state index in [4.69, 9.17) is 0 Å². The molecule has 1 aliphatic carbocycles. The Bertz CT molecular complexity index is 352. The van der Waals surface area contributed by atoms with E-state index in [-0.39, 0.29) is 5.82 Å². The summed E-state index contributed by atoms with van der Waals surface area (Å²) < 4.78 is 14.0. The van der Waals surface area contributed by atoms with Crippen LogP contribution in [0.25, 0.3) is 0 Å². The lowest BCUT2D eigenvalue weighted by Crippen LogP contribution is -2.14. The molecule has 0 saturated heterocycles. The largest absolute Gasteiger partial charge is 0.367 e. The number of nitrogens with one attached hydrogen (secondary N) is 1. The smallest absolute Gasteiger partial charge is 0.166 e. The summed E-state index contributed by atoms with van der Waals surface area (Å²) in [5.74, 6) is 1.49. The van der Waals surface area contributed by atoms with E-state index < -0.39 is 0 Å². The number of hydrogen-bond donors (Lipinski definition) is 1. The van der Waals surface area contributed by atoms with Gasteiger partial charge in [-0.05, 0) is 46.7 Å². The van der Waals surface area contributed by atoms with Crippen molar-refractivity contribution in [1.29, 1.82) is 0 Å². The molecule has 1 heterocycles. The number of nitrogens with zero attached hydrogens (tertiary/aromatic N) is 1. The Hall–Kier alpha value is -0.640. The fourth-order valence-corrected chi connectivity index (χ4v) is 1.94. The first-order valence-electron chi connectivity index (χ1n) is 5.21. The second kappa shape index (κ2) is 4.47. The Balaban J connectivity index is 1.92. The van der Waals surface area contributed by atoms with E-state index in [0.717, 1.165) is 12.5 Å². The zero-order valence-electron chi connectivity index (χ0n) is 8.63. The van der Waals surface area contributed by atoms with Gasteiger partial charge in [0.2, 0.25) is 0 Å². The molecule has 82 valence electrons. The summed E-state index contributed by atoms with van der Waals surface area (Å²) >= 11 is 3.18. The summed E-state index contributed by atoms with van der Waals surface area (Å²) in [7, 11) is 0. The maximum absolute atomic E-state index is 13.4. The molecule has 1 saturated carbocycles. The van der Waals surface area contributed by atoms with Crippen LogP contribution in [-0.4, -0.2) is 11.5 Å². The second-order valence-electron chi connectivity index (χ2n) is 4.18. The van der Waals surface area contributed by atoms with Gasteiger partial charge in [0, 0.05) is 17.2 Å². The zero-order chi connectivity index (χ0) is 10.8. The molecule has 1 aliphatic rings. The summed E-state index contributed by atoms with van der Waals surface area (Å²) in [4.78, 5) is 4.00. The SMILES string of the molecule is CC(CNc1ncc(Br)cc1F)C1CC1. The summed E-state index contributed by atoms with van der Waals surface area (Å²) in [6.07, 6.45) is 4.24. The van der Waals surface area contributed by atoms with E-state index >= 15 is 0 Å². The number of aromatic nitrogens is 1. The molecule has 15 heavy (non-hydrogen) atoms. The Morgan fingerprint density at radius 2 is 2.40 bits per heavy atom. The molecule has 0 spiro atoms. The summed E-state index contributed by atoms with van der Waals surface area (Å²) in [6.45, 7) is 3.00. The van der Waals surface area contributed by atoms with Gasteiger partial charge in [0.1, 0.15) is 0 Å². The predicted molar refractivity (Wildman–Crippen MR) is 62.3 cm³/mol. The standard InChI is InChI=1S/C11H14BrFN2/c1-7(8-2-3-8)5-14-11-10(13)4-9(12)6-15-11/h4,6-8H,2-3,5H2,1H3,(H,14,15). The number of halogens is 2. The normalized spacial score (nSPS) is 17.5. The van der Waals surface area contributed by atoms with Crippen LogP contribution in [-0.2, 0) is 0 Å². The van der Waals surface area contributed by atoms with Crippen molar-refractivity contribution in [2.75, 3.05) is 11.9 Å². The van der Waals surface area contributed by atoms with Crippen molar-refractivity contribution < 1.29 is 4.39 Å². The molecule has 1 aromatic rings. The minimum atomic E-state index is -0.299. The molecule has 1 N–H and O–H groups in total. The molecule has 1 atom stereocenters. The molecule has 1 aromatic heterocycles. The highest BCUT2D eigenvalue weighted by molar-refractivity contribution is 9.10. The Morgan fingerprint density at radius 3 is 3.00 bits per heavy atom. The first-order chi connectivity index (χ1) is 7.16. The molecule has 2 rings (SSSR count). The molecule has 1 fully saturated rings. The number of anilines is 1. The third kappa shape index (κ3) is 2.91. The van der Waals surface area contributed by atoms with Crippen molar-refractivity contribution in [3.63, 3.8) is 0 Å². The van der Waals surface area contributed by atoms with E-state index in [0.29, 0.717) is 16.2 Å². The van der Waals surface area contributed by atoms with Crippen LogP contribution in [0.1, 0.15) is 19.8 Å². The van der Waals surface area contributed by atoms with Gasteiger partial charge < -0.3 is 5.32 Å². The van der Waals surface area contributed by atoms with Crippen molar-refractivity contribution in [2.45, 2.75) is 19.8 Å². The van der Waals surface area contributed by atoms with Crippen molar-refractivity contribution >= 4 is 21.7 Å². The Kier molecular flexibility index (Phi) is 3.24. The first kappa shape index (κ1) is 10.9. The third-order valence-corrected chi connectivity index (χ3v) is 3.26. The van der Waals surface area contributed by atoms with Crippen LogP contribution in [0.5, 0.6) is 0 Å². The van der Waals surface area contributed by atoms with Gasteiger partial charge in [0.15, 0.2) is 11.6 Å².